The summed E-state index contributed by atoms with van der Waals surface area (Å²) in [5, 5.41) is 12.0. The van der Waals surface area contributed by atoms with E-state index in [9.17, 15) is 4.79 Å². The van der Waals surface area contributed by atoms with Gasteiger partial charge in [0, 0.05) is 35.9 Å². The Hall–Kier alpha value is -2.60. The highest BCUT2D eigenvalue weighted by Gasteiger charge is 2.17. The number of carbonyl (C=O) groups excluding carboxylic acids is 1. The second-order valence-corrected chi connectivity index (χ2v) is 7.12. The van der Waals surface area contributed by atoms with Crippen LogP contribution in [0, 0.1) is 13.8 Å². The van der Waals surface area contributed by atoms with Gasteiger partial charge in [0.15, 0.2) is 0 Å². The minimum atomic E-state index is -0.130. The minimum Gasteiger partial charge on any atom is -0.358 e. The molecule has 3 heterocycles. The fourth-order valence-corrected chi connectivity index (χ4v) is 3.61. The number of aromatic amines is 1. The molecule has 0 radical (unpaired) electrons. The minimum absolute atomic E-state index is 0.130. The Kier molecular flexibility index (Phi) is 4.51. The smallest absolute Gasteiger partial charge is 0.272 e. The fraction of sp³-hybridized carbons (Fsp3) is 0.400. The second-order valence-electron chi connectivity index (χ2n) is 7.12. The van der Waals surface area contributed by atoms with E-state index in [0.717, 1.165) is 37.0 Å². The van der Waals surface area contributed by atoms with Crippen molar-refractivity contribution in [1.82, 2.24) is 25.4 Å². The molecule has 26 heavy (non-hydrogen) atoms. The number of piperidine rings is 1. The zero-order chi connectivity index (χ0) is 18.1. The molecule has 1 aromatic carbocycles. The van der Waals surface area contributed by atoms with E-state index < -0.39 is 0 Å². The maximum Gasteiger partial charge on any atom is 0.272 e. The Morgan fingerprint density at radius 3 is 3.04 bits per heavy atom. The summed E-state index contributed by atoms with van der Waals surface area (Å²) >= 11 is 0. The summed E-state index contributed by atoms with van der Waals surface area (Å²) < 4.78 is 1.92. The number of fused-ring (bicyclic) bond motifs is 1. The first-order valence-electron chi connectivity index (χ1n) is 9.23. The Morgan fingerprint density at radius 2 is 2.23 bits per heavy atom. The van der Waals surface area contributed by atoms with Crippen LogP contribution in [0.25, 0.3) is 10.9 Å². The lowest BCUT2D eigenvalue weighted by Gasteiger charge is -2.22. The van der Waals surface area contributed by atoms with E-state index in [1.54, 1.807) is 6.07 Å². The number of rotatable bonds is 4. The molecule has 1 atom stereocenters. The quantitative estimate of drug-likeness (QED) is 0.677. The van der Waals surface area contributed by atoms with Crippen LogP contribution in [0.15, 0.2) is 30.5 Å². The van der Waals surface area contributed by atoms with Crippen molar-refractivity contribution >= 4 is 16.8 Å². The number of nitrogens with zero attached hydrogens (tertiary/aromatic N) is 2. The topological polar surface area (TPSA) is 74.7 Å². The summed E-state index contributed by atoms with van der Waals surface area (Å²) in [7, 11) is 0. The molecule has 3 aromatic rings. The van der Waals surface area contributed by atoms with Gasteiger partial charge in [0.25, 0.3) is 5.91 Å². The molecular formula is C20H25N5O. The predicted molar refractivity (Wildman–Crippen MR) is 102 cm³/mol. The number of aryl methyl sites for hydroxylation is 2. The van der Waals surface area contributed by atoms with E-state index in [4.69, 9.17) is 0 Å². The van der Waals surface area contributed by atoms with Gasteiger partial charge < -0.3 is 15.6 Å². The van der Waals surface area contributed by atoms with Crippen LogP contribution in [0.1, 0.15) is 46.2 Å². The summed E-state index contributed by atoms with van der Waals surface area (Å²) in [5.74, 6) is -0.130. The molecule has 1 saturated heterocycles. The third-order valence-corrected chi connectivity index (χ3v) is 5.31. The molecule has 1 aliphatic heterocycles. The van der Waals surface area contributed by atoms with Crippen LogP contribution < -0.4 is 10.6 Å². The molecule has 0 bridgehead atoms. The SMILES string of the molecule is Cc1[nH]c2ccc(CNC(=O)c3ccn(C4CCCNC4)n3)cc2c1C. The summed E-state index contributed by atoms with van der Waals surface area (Å²) in [6, 6.07) is 8.40. The van der Waals surface area contributed by atoms with Crippen molar-refractivity contribution in [3.63, 3.8) is 0 Å². The number of aromatic nitrogens is 3. The van der Waals surface area contributed by atoms with Gasteiger partial charge in [-0.05, 0) is 62.6 Å². The Labute approximate surface area is 153 Å². The Morgan fingerprint density at radius 1 is 1.35 bits per heavy atom. The van der Waals surface area contributed by atoms with Crippen LogP contribution in [0.4, 0.5) is 0 Å². The average molecular weight is 351 g/mol. The van der Waals surface area contributed by atoms with Crippen molar-refractivity contribution in [1.29, 1.82) is 0 Å². The molecule has 4 rings (SSSR count). The molecular weight excluding hydrogens is 326 g/mol. The molecule has 3 N–H and O–H groups in total. The third kappa shape index (κ3) is 3.24. The first-order valence-corrected chi connectivity index (χ1v) is 9.23. The number of carbonyl (C=O) groups is 1. The van der Waals surface area contributed by atoms with Crippen LogP contribution in [0.3, 0.4) is 0 Å². The van der Waals surface area contributed by atoms with Gasteiger partial charge in [-0.15, -0.1) is 0 Å². The van der Waals surface area contributed by atoms with E-state index in [1.165, 1.54) is 16.6 Å². The molecule has 1 aliphatic rings. The standard InChI is InChI=1S/C20H25N5O/c1-13-14(2)23-18-6-5-15(10-17(13)18)11-22-20(26)19-7-9-25(24-19)16-4-3-8-21-12-16/h5-7,9-10,16,21,23H,3-4,8,11-12H2,1-2H3,(H,22,26). The second kappa shape index (κ2) is 6.96. The van der Waals surface area contributed by atoms with Crippen molar-refractivity contribution < 1.29 is 4.79 Å². The maximum absolute atomic E-state index is 12.4. The molecule has 1 fully saturated rings. The van der Waals surface area contributed by atoms with Crippen molar-refractivity contribution in [2.24, 2.45) is 0 Å². The van der Waals surface area contributed by atoms with Crippen LogP contribution in [0.2, 0.25) is 0 Å². The van der Waals surface area contributed by atoms with Gasteiger partial charge in [-0.25, -0.2) is 0 Å². The summed E-state index contributed by atoms with van der Waals surface area (Å²) in [6.45, 7) is 6.67. The summed E-state index contributed by atoms with van der Waals surface area (Å²) in [6.07, 6.45) is 4.16. The number of H-pyrrole nitrogens is 1. The van der Waals surface area contributed by atoms with Crippen LogP contribution in [0.5, 0.6) is 0 Å². The van der Waals surface area contributed by atoms with Crippen molar-refractivity contribution in [3.8, 4) is 0 Å². The molecule has 136 valence electrons. The summed E-state index contributed by atoms with van der Waals surface area (Å²) in [5.41, 5.74) is 5.14. The number of benzene rings is 1. The van der Waals surface area contributed by atoms with Gasteiger partial charge in [0.2, 0.25) is 0 Å². The number of hydrogen-bond donors (Lipinski definition) is 3. The van der Waals surface area contributed by atoms with Crippen molar-refractivity contribution in [2.45, 2.75) is 39.3 Å². The largest absolute Gasteiger partial charge is 0.358 e. The number of hydrogen-bond acceptors (Lipinski definition) is 3. The zero-order valence-corrected chi connectivity index (χ0v) is 15.3. The lowest BCUT2D eigenvalue weighted by molar-refractivity contribution is 0.0944. The maximum atomic E-state index is 12.4. The van der Waals surface area contributed by atoms with Gasteiger partial charge in [-0.3, -0.25) is 9.48 Å². The lowest BCUT2D eigenvalue weighted by Crippen LogP contribution is -2.32. The van der Waals surface area contributed by atoms with Gasteiger partial charge >= 0.3 is 0 Å². The zero-order valence-electron chi connectivity index (χ0n) is 15.3. The number of nitrogens with one attached hydrogen (secondary N) is 3. The van der Waals surface area contributed by atoms with E-state index >= 15 is 0 Å². The summed E-state index contributed by atoms with van der Waals surface area (Å²) in [4.78, 5) is 15.8. The van der Waals surface area contributed by atoms with Gasteiger partial charge in [0.1, 0.15) is 5.69 Å². The van der Waals surface area contributed by atoms with Gasteiger partial charge in [-0.1, -0.05) is 6.07 Å². The first-order chi connectivity index (χ1) is 12.6. The van der Waals surface area contributed by atoms with Crippen molar-refractivity contribution in [3.05, 3.63) is 53.0 Å². The average Bonchev–Trinajstić information content (AvgIpc) is 3.27. The third-order valence-electron chi connectivity index (χ3n) is 5.31. The molecule has 1 amide bonds. The molecule has 6 heteroatoms. The highest BCUT2D eigenvalue weighted by Crippen LogP contribution is 2.22. The van der Waals surface area contributed by atoms with Crippen molar-refractivity contribution in [2.75, 3.05) is 13.1 Å². The molecule has 2 aromatic heterocycles. The van der Waals surface area contributed by atoms with Crippen LogP contribution in [-0.2, 0) is 6.54 Å². The van der Waals surface area contributed by atoms with Crippen LogP contribution >= 0.6 is 0 Å². The van der Waals surface area contributed by atoms with E-state index in [0.29, 0.717) is 18.3 Å². The Bertz CT molecular complexity index is 933. The van der Waals surface area contributed by atoms with Gasteiger partial charge in [0.05, 0.1) is 6.04 Å². The van der Waals surface area contributed by atoms with E-state index in [1.807, 2.05) is 16.9 Å². The highest BCUT2D eigenvalue weighted by atomic mass is 16.1. The normalized spacial score (nSPS) is 17.5. The molecule has 1 unspecified atom stereocenters. The fourth-order valence-electron chi connectivity index (χ4n) is 3.61. The predicted octanol–water partition coefficient (Wildman–Crippen LogP) is 2.84. The lowest BCUT2D eigenvalue weighted by atomic mass is 10.1. The molecule has 6 nitrogen and oxygen atoms in total. The van der Waals surface area contributed by atoms with E-state index in [2.05, 4.69) is 46.7 Å². The molecule has 0 aliphatic carbocycles. The Balaban J connectivity index is 1.42. The monoisotopic (exact) mass is 351 g/mol. The number of amides is 1. The molecule has 0 spiro atoms. The first kappa shape index (κ1) is 16.8. The van der Waals surface area contributed by atoms with Crippen LogP contribution in [-0.4, -0.2) is 33.8 Å². The highest BCUT2D eigenvalue weighted by molar-refractivity contribution is 5.92. The van der Waals surface area contributed by atoms with Gasteiger partial charge in [-0.2, -0.15) is 5.10 Å². The van der Waals surface area contributed by atoms with E-state index in [-0.39, 0.29) is 5.91 Å². The molecule has 0 saturated carbocycles.